The van der Waals surface area contributed by atoms with Crippen molar-refractivity contribution in [3.8, 4) is 5.75 Å². The van der Waals surface area contributed by atoms with Crippen molar-refractivity contribution in [3.63, 3.8) is 0 Å². The van der Waals surface area contributed by atoms with Gasteiger partial charge in [-0.05, 0) is 42.6 Å². The molecular weight excluding hydrogens is 448 g/mol. The van der Waals surface area contributed by atoms with Crippen molar-refractivity contribution < 1.29 is 24.4 Å². The number of hydrogen-bond donors (Lipinski definition) is 0. The molecule has 0 spiro atoms. The summed E-state index contributed by atoms with van der Waals surface area (Å²) in [4.78, 5) is 42.1. The molecule has 2 aliphatic rings. The van der Waals surface area contributed by atoms with Crippen molar-refractivity contribution in [1.82, 2.24) is 0 Å². The third-order valence-corrected chi connectivity index (χ3v) is 6.69. The van der Waals surface area contributed by atoms with E-state index in [0.29, 0.717) is 35.4 Å². The summed E-state index contributed by atoms with van der Waals surface area (Å²) in [6, 6.07) is 13.5. The Morgan fingerprint density at radius 1 is 1.14 bits per heavy atom. The molecule has 0 radical (unpaired) electrons. The number of nitro groups is 1. The number of carbonyl (C=O) groups is 2. The minimum absolute atomic E-state index is 0.0499. The maximum absolute atomic E-state index is 13.5. The number of Topliss-reactive ketones (excluding diaryl/α,β-unsaturated/α-hetero) is 1. The molecule has 1 unspecified atom stereocenters. The first-order valence-electron chi connectivity index (χ1n) is 11.8. The number of nitrogens with zero attached hydrogens (tertiary/aromatic N) is 2. The van der Waals surface area contributed by atoms with E-state index in [1.165, 1.54) is 12.1 Å². The zero-order valence-corrected chi connectivity index (χ0v) is 19.7. The minimum Gasteiger partial charge on any atom is -0.868 e. The van der Waals surface area contributed by atoms with Crippen LogP contribution in [0, 0.1) is 16.0 Å². The molecule has 0 saturated heterocycles. The summed E-state index contributed by atoms with van der Waals surface area (Å²) in [5, 5.41) is 23.5. The lowest BCUT2D eigenvalue weighted by molar-refractivity contribution is -0.398. The van der Waals surface area contributed by atoms with Crippen molar-refractivity contribution >= 4 is 23.2 Å². The molecule has 182 valence electrons. The van der Waals surface area contributed by atoms with Gasteiger partial charge in [0, 0.05) is 35.4 Å². The Morgan fingerprint density at radius 3 is 2.57 bits per heavy atom. The van der Waals surface area contributed by atoms with Gasteiger partial charge in [0.25, 0.3) is 5.69 Å². The first kappa shape index (κ1) is 24.3. The smallest absolute Gasteiger partial charge is 0.315 e. The standard InChI is InChI=1S/C27H28N2O6/c1-3-4-12-35-27(32)24-16(2)28-20-13-19(17-8-6-5-7-9-17)15-23(31)26(20)25(24)18-10-11-22(30)21(14-18)29(33)34/h5-11,14,19,24-25,30H,3-4,12-13,15H2,1-2H3/p-1/t19-,24?,25-/m0/s1. The van der Waals surface area contributed by atoms with E-state index in [4.69, 9.17) is 9.73 Å². The van der Waals surface area contributed by atoms with E-state index in [1.54, 1.807) is 6.92 Å². The van der Waals surface area contributed by atoms with Crippen LogP contribution in [0.2, 0.25) is 0 Å². The number of ketones is 1. The van der Waals surface area contributed by atoms with Crippen LogP contribution >= 0.6 is 0 Å². The van der Waals surface area contributed by atoms with Gasteiger partial charge < -0.3 is 9.84 Å². The van der Waals surface area contributed by atoms with E-state index in [-0.39, 0.29) is 24.7 Å². The predicted molar refractivity (Wildman–Crippen MR) is 128 cm³/mol. The third kappa shape index (κ3) is 4.87. The summed E-state index contributed by atoms with van der Waals surface area (Å²) in [5.74, 6) is -3.16. The highest BCUT2D eigenvalue weighted by atomic mass is 16.6. The Hall–Kier alpha value is -3.81. The van der Waals surface area contributed by atoms with Crippen molar-refractivity contribution in [2.75, 3.05) is 6.61 Å². The van der Waals surface area contributed by atoms with Crippen molar-refractivity contribution in [1.29, 1.82) is 0 Å². The van der Waals surface area contributed by atoms with Crippen LogP contribution < -0.4 is 5.11 Å². The number of hydrogen-bond acceptors (Lipinski definition) is 7. The zero-order chi connectivity index (χ0) is 25.1. The Labute approximate surface area is 203 Å². The lowest BCUT2D eigenvalue weighted by Gasteiger charge is -2.36. The fourth-order valence-electron chi connectivity index (χ4n) is 4.96. The molecule has 4 rings (SSSR count). The van der Waals surface area contributed by atoms with Gasteiger partial charge in [0.05, 0.1) is 11.5 Å². The van der Waals surface area contributed by atoms with Crippen LogP contribution in [0.15, 0.2) is 64.8 Å². The van der Waals surface area contributed by atoms with Crippen LogP contribution in [0.25, 0.3) is 0 Å². The number of esters is 1. The van der Waals surface area contributed by atoms with Crippen LogP contribution in [-0.2, 0) is 14.3 Å². The van der Waals surface area contributed by atoms with Crippen molar-refractivity contribution in [3.05, 3.63) is 81.0 Å². The summed E-state index contributed by atoms with van der Waals surface area (Å²) in [7, 11) is 0. The number of unbranched alkanes of at least 4 members (excludes halogenated alkanes) is 1. The van der Waals surface area contributed by atoms with Gasteiger partial charge in [0.2, 0.25) is 0 Å². The van der Waals surface area contributed by atoms with Crippen molar-refractivity contribution in [2.45, 2.75) is 51.4 Å². The van der Waals surface area contributed by atoms with Gasteiger partial charge in [-0.2, -0.15) is 0 Å². The molecular formula is C27H27N2O6-. The average molecular weight is 476 g/mol. The second kappa shape index (κ2) is 10.2. The Kier molecular flexibility index (Phi) is 7.10. The van der Waals surface area contributed by atoms with Gasteiger partial charge in [-0.3, -0.25) is 24.7 Å². The fourth-order valence-corrected chi connectivity index (χ4v) is 4.96. The highest BCUT2D eigenvalue weighted by Gasteiger charge is 2.45. The lowest BCUT2D eigenvalue weighted by Crippen LogP contribution is -2.38. The Morgan fingerprint density at radius 2 is 1.89 bits per heavy atom. The lowest BCUT2D eigenvalue weighted by atomic mass is 9.69. The number of benzene rings is 2. The molecule has 0 N–H and O–H groups in total. The normalized spacial score (nSPS) is 21.8. The highest BCUT2D eigenvalue weighted by molar-refractivity contribution is 6.09. The number of aliphatic imine (C=N–C) groups is 1. The largest absolute Gasteiger partial charge is 0.868 e. The van der Waals surface area contributed by atoms with Crippen LogP contribution in [0.3, 0.4) is 0 Å². The molecule has 0 aromatic heterocycles. The van der Waals surface area contributed by atoms with Crippen LogP contribution in [-0.4, -0.2) is 29.0 Å². The molecule has 1 aliphatic carbocycles. The first-order chi connectivity index (χ1) is 16.8. The predicted octanol–water partition coefficient (Wildman–Crippen LogP) is 4.59. The molecule has 3 atom stereocenters. The van der Waals surface area contributed by atoms with Gasteiger partial charge >= 0.3 is 5.97 Å². The van der Waals surface area contributed by atoms with E-state index in [0.717, 1.165) is 18.1 Å². The van der Waals surface area contributed by atoms with Crippen LogP contribution in [0.1, 0.15) is 62.5 Å². The summed E-state index contributed by atoms with van der Waals surface area (Å²) >= 11 is 0. The molecule has 8 nitrogen and oxygen atoms in total. The number of nitro benzene ring substituents is 1. The van der Waals surface area contributed by atoms with E-state index >= 15 is 0 Å². The number of ether oxygens (including phenoxy) is 1. The summed E-state index contributed by atoms with van der Waals surface area (Å²) in [6.45, 7) is 3.94. The maximum Gasteiger partial charge on any atom is 0.315 e. The quantitative estimate of drug-likeness (QED) is 0.250. The van der Waals surface area contributed by atoms with E-state index in [2.05, 4.69) is 0 Å². The SMILES string of the molecule is CCCCOC(=O)C1C(C)=NC2=C(C(=O)C[C@@H](c3ccccc3)C2)[C@H]1c1ccc([O-])c([N+](=O)[O-])c1. The zero-order valence-electron chi connectivity index (χ0n) is 19.7. The molecule has 8 heteroatoms. The molecule has 1 heterocycles. The van der Waals surface area contributed by atoms with E-state index in [9.17, 15) is 24.8 Å². The first-order valence-corrected chi connectivity index (χ1v) is 11.8. The Balaban J connectivity index is 1.80. The van der Waals surface area contributed by atoms with Gasteiger partial charge in [-0.1, -0.05) is 55.8 Å². The number of rotatable bonds is 7. The summed E-state index contributed by atoms with van der Waals surface area (Å²) in [5.41, 5.74) is 2.27. The summed E-state index contributed by atoms with van der Waals surface area (Å²) in [6.07, 6.45) is 2.30. The maximum atomic E-state index is 13.5. The van der Waals surface area contributed by atoms with Gasteiger partial charge in [0.15, 0.2) is 5.78 Å². The molecule has 0 amide bonds. The fraction of sp³-hybridized carbons (Fsp3) is 0.370. The number of carbonyl (C=O) groups excluding carboxylic acids is 2. The van der Waals surface area contributed by atoms with Gasteiger partial charge in [-0.25, -0.2) is 0 Å². The van der Waals surface area contributed by atoms with Gasteiger partial charge in [0.1, 0.15) is 5.92 Å². The third-order valence-electron chi connectivity index (χ3n) is 6.69. The van der Waals surface area contributed by atoms with Crippen LogP contribution in [0.5, 0.6) is 5.75 Å². The molecule has 1 aliphatic heterocycles. The summed E-state index contributed by atoms with van der Waals surface area (Å²) < 4.78 is 5.50. The Bertz CT molecular complexity index is 1220. The second-order valence-corrected chi connectivity index (χ2v) is 9.01. The van der Waals surface area contributed by atoms with E-state index < -0.39 is 34.2 Å². The molecule has 0 fully saturated rings. The second-order valence-electron chi connectivity index (χ2n) is 9.01. The van der Waals surface area contributed by atoms with Crippen LogP contribution in [0.4, 0.5) is 5.69 Å². The van der Waals surface area contributed by atoms with Crippen molar-refractivity contribution in [2.24, 2.45) is 10.9 Å². The molecule has 0 saturated carbocycles. The molecule has 0 bridgehead atoms. The monoisotopic (exact) mass is 475 g/mol. The van der Waals surface area contributed by atoms with E-state index in [1.807, 2.05) is 37.3 Å². The highest BCUT2D eigenvalue weighted by Crippen LogP contribution is 2.47. The molecule has 35 heavy (non-hydrogen) atoms. The minimum atomic E-state index is -0.903. The topological polar surface area (TPSA) is 122 Å². The van der Waals surface area contributed by atoms with Gasteiger partial charge in [-0.15, -0.1) is 0 Å². The average Bonchev–Trinajstić information content (AvgIpc) is 2.83. The molecule has 2 aromatic rings. The number of allylic oxidation sites excluding steroid dienone is 2. The molecule has 2 aromatic carbocycles.